The number of anilines is 1. The van der Waals surface area contributed by atoms with Crippen LogP contribution in [0.25, 0.3) is 0 Å². The van der Waals surface area contributed by atoms with Gasteiger partial charge in [-0.25, -0.2) is 4.79 Å². The van der Waals surface area contributed by atoms with E-state index in [1.165, 1.54) is 37.3 Å². The first-order valence-corrected chi connectivity index (χ1v) is 7.56. The summed E-state index contributed by atoms with van der Waals surface area (Å²) < 4.78 is 5.20. The Morgan fingerprint density at radius 2 is 2.05 bits per heavy atom. The van der Waals surface area contributed by atoms with E-state index in [9.17, 15) is 4.79 Å². The van der Waals surface area contributed by atoms with Gasteiger partial charge in [-0.3, -0.25) is 5.32 Å². The van der Waals surface area contributed by atoms with E-state index >= 15 is 0 Å². The predicted molar refractivity (Wildman–Crippen MR) is 80.6 cm³/mol. The zero-order chi connectivity index (χ0) is 14.4. The monoisotopic (exact) mass is 332 g/mol. The maximum absolute atomic E-state index is 11.7. The molecular weight excluding hydrogens is 311 g/mol. The number of likely N-dealkylation sites (tertiary alicyclic amines) is 1. The van der Waals surface area contributed by atoms with Gasteiger partial charge in [0.1, 0.15) is 13.2 Å². The number of piperidine rings is 1. The second-order valence-electron chi connectivity index (χ2n) is 5.29. The minimum atomic E-state index is -0.415. The van der Waals surface area contributed by atoms with Gasteiger partial charge in [0.15, 0.2) is 0 Å². The minimum Gasteiger partial charge on any atom is -1.00 e. The fraction of sp³-hybridized carbons (Fsp3) is 0.533. The molecule has 21 heavy (non-hydrogen) atoms. The molecule has 0 radical (unpaired) electrons. The quantitative estimate of drug-likeness (QED) is 0.763. The van der Waals surface area contributed by atoms with Crippen molar-refractivity contribution >= 4 is 23.4 Å². The van der Waals surface area contributed by atoms with Crippen molar-refractivity contribution in [2.75, 3.05) is 31.6 Å². The largest absolute Gasteiger partial charge is 1.00 e. The van der Waals surface area contributed by atoms with Crippen molar-refractivity contribution in [3.63, 3.8) is 0 Å². The van der Waals surface area contributed by atoms with E-state index in [4.69, 9.17) is 16.3 Å². The van der Waals surface area contributed by atoms with Crippen molar-refractivity contribution in [1.29, 1.82) is 0 Å². The lowest BCUT2D eigenvalue weighted by Gasteiger charge is -2.23. The van der Waals surface area contributed by atoms with Crippen molar-refractivity contribution in [2.45, 2.75) is 26.2 Å². The Morgan fingerprint density at radius 3 is 2.71 bits per heavy atom. The average Bonchev–Trinajstić information content (AvgIpc) is 2.44. The standard InChI is InChI=1S/C15H21ClN2O2.ClH/c1-12-5-6-13(11-14(12)16)17-15(19)20-10-9-18-7-3-2-4-8-18;/h5-6,11H,2-4,7-10H2,1H3,(H,17,19);1H. The van der Waals surface area contributed by atoms with Crippen molar-refractivity contribution in [3.05, 3.63) is 28.8 Å². The molecule has 0 aliphatic carbocycles. The van der Waals surface area contributed by atoms with E-state index in [0.717, 1.165) is 12.1 Å². The topological polar surface area (TPSA) is 42.8 Å². The Balaban J connectivity index is 0.00000220. The molecule has 1 amide bonds. The second kappa shape index (κ2) is 9.13. The van der Waals surface area contributed by atoms with Crippen LogP contribution in [0.3, 0.4) is 0 Å². The molecule has 1 fully saturated rings. The highest BCUT2D eigenvalue weighted by atomic mass is 35.5. The van der Waals surface area contributed by atoms with Crippen LogP contribution < -0.4 is 22.6 Å². The summed E-state index contributed by atoms with van der Waals surface area (Å²) >= 11 is 6.01. The highest BCUT2D eigenvalue weighted by molar-refractivity contribution is 6.31. The number of carbonyl (C=O) groups excluding carboxylic acids is 1. The van der Waals surface area contributed by atoms with Gasteiger partial charge in [0.2, 0.25) is 0 Å². The van der Waals surface area contributed by atoms with Crippen LogP contribution in [0, 0.1) is 6.92 Å². The predicted octanol–water partition coefficient (Wildman–Crippen LogP) is -0.730. The maximum Gasteiger partial charge on any atom is 0.411 e. The summed E-state index contributed by atoms with van der Waals surface area (Å²) in [6.07, 6.45) is 3.48. The number of halogens is 2. The van der Waals surface area contributed by atoms with Crippen LogP contribution >= 0.6 is 11.6 Å². The molecule has 1 aromatic rings. The summed E-state index contributed by atoms with van der Waals surface area (Å²) in [5.41, 5.74) is 1.65. The first kappa shape index (κ1) is 18.1. The number of amides is 1. The number of quaternary nitrogens is 1. The van der Waals surface area contributed by atoms with Gasteiger partial charge in [-0.2, -0.15) is 0 Å². The summed E-state index contributed by atoms with van der Waals surface area (Å²) in [5, 5.41) is 3.33. The van der Waals surface area contributed by atoms with Crippen LogP contribution in [-0.2, 0) is 4.74 Å². The molecule has 6 heteroatoms. The first-order valence-electron chi connectivity index (χ1n) is 7.18. The number of hydrogen-bond donors (Lipinski definition) is 2. The van der Waals surface area contributed by atoms with E-state index in [-0.39, 0.29) is 12.4 Å². The number of benzene rings is 1. The molecule has 2 rings (SSSR count). The zero-order valence-electron chi connectivity index (χ0n) is 12.3. The number of carbonyl (C=O) groups is 1. The smallest absolute Gasteiger partial charge is 0.411 e. The van der Waals surface area contributed by atoms with E-state index < -0.39 is 6.09 Å². The highest BCUT2D eigenvalue weighted by Crippen LogP contribution is 2.19. The number of hydrogen-bond acceptors (Lipinski definition) is 2. The van der Waals surface area contributed by atoms with Crippen molar-refractivity contribution in [3.8, 4) is 0 Å². The Labute approximate surface area is 137 Å². The van der Waals surface area contributed by atoms with Crippen LogP contribution in [-0.4, -0.2) is 32.3 Å². The van der Waals surface area contributed by atoms with Crippen LogP contribution in [0.5, 0.6) is 0 Å². The fourth-order valence-electron chi connectivity index (χ4n) is 2.41. The Kier molecular flexibility index (Phi) is 7.86. The summed E-state index contributed by atoms with van der Waals surface area (Å²) in [6, 6.07) is 5.42. The van der Waals surface area contributed by atoms with Crippen LogP contribution in [0.2, 0.25) is 5.02 Å². The van der Waals surface area contributed by atoms with Crippen LogP contribution in [0.15, 0.2) is 18.2 Å². The lowest BCUT2D eigenvalue weighted by atomic mass is 10.1. The van der Waals surface area contributed by atoms with Crippen LogP contribution in [0.1, 0.15) is 24.8 Å². The van der Waals surface area contributed by atoms with Crippen molar-refractivity contribution in [1.82, 2.24) is 0 Å². The van der Waals surface area contributed by atoms with Crippen LogP contribution in [0.4, 0.5) is 10.5 Å². The highest BCUT2D eigenvalue weighted by Gasteiger charge is 2.13. The Morgan fingerprint density at radius 1 is 1.33 bits per heavy atom. The van der Waals surface area contributed by atoms with Crippen molar-refractivity contribution in [2.24, 2.45) is 0 Å². The fourth-order valence-corrected chi connectivity index (χ4v) is 2.59. The molecule has 0 unspecified atom stereocenters. The number of aryl methyl sites for hydroxylation is 1. The van der Waals surface area contributed by atoms with E-state index in [2.05, 4.69) is 5.32 Å². The van der Waals surface area contributed by atoms with Gasteiger partial charge in [-0.05, 0) is 43.9 Å². The van der Waals surface area contributed by atoms with Gasteiger partial charge in [-0.1, -0.05) is 17.7 Å². The Bertz CT molecular complexity index is 463. The molecule has 1 saturated heterocycles. The molecule has 118 valence electrons. The molecule has 1 aliphatic rings. The van der Waals surface area contributed by atoms with Gasteiger partial charge >= 0.3 is 6.09 Å². The van der Waals surface area contributed by atoms with Crippen molar-refractivity contribution < 1.29 is 26.8 Å². The molecule has 0 saturated carbocycles. The van der Waals surface area contributed by atoms with E-state index in [0.29, 0.717) is 17.3 Å². The third-order valence-corrected chi connectivity index (χ3v) is 4.07. The van der Waals surface area contributed by atoms with Gasteiger partial charge in [-0.15, -0.1) is 0 Å². The van der Waals surface area contributed by atoms with Gasteiger partial charge in [0.25, 0.3) is 0 Å². The molecule has 0 aromatic heterocycles. The number of ether oxygens (including phenoxy) is 1. The molecule has 2 N–H and O–H groups in total. The molecule has 0 bridgehead atoms. The lowest BCUT2D eigenvalue weighted by molar-refractivity contribution is -0.905. The van der Waals surface area contributed by atoms with Gasteiger partial charge < -0.3 is 22.0 Å². The molecule has 4 nitrogen and oxygen atoms in total. The first-order chi connectivity index (χ1) is 9.65. The lowest BCUT2D eigenvalue weighted by Crippen LogP contribution is -3.13. The SMILES string of the molecule is Cc1ccc(NC(=O)OCC[NH+]2CCCCC2)cc1Cl.[Cl-]. The second-order valence-corrected chi connectivity index (χ2v) is 5.69. The molecule has 0 spiro atoms. The van der Waals surface area contributed by atoms with E-state index in [1.54, 1.807) is 6.07 Å². The molecule has 1 aliphatic heterocycles. The summed E-state index contributed by atoms with van der Waals surface area (Å²) in [5.74, 6) is 0. The third kappa shape index (κ3) is 6.12. The third-order valence-electron chi connectivity index (χ3n) is 3.67. The van der Waals surface area contributed by atoms with Gasteiger partial charge in [0.05, 0.1) is 13.1 Å². The number of nitrogens with one attached hydrogen (secondary N) is 2. The normalized spacial score (nSPS) is 15.1. The molecule has 0 atom stereocenters. The van der Waals surface area contributed by atoms with Gasteiger partial charge in [0, 0.05) is 10.7 Å². The number of rotatable bonds is 4. The minimum absolute atomic E-state index is 0. The summed E-state index contributed by atoms with van der Waals surface area (Å²) in [6.45, 7) is 5.66. The Hall–Kier alpha value is -0.970. The average molecular weight is 333 g/mol. The zero-order valence-corrected chi connectivity index (χ0v) is 13.8. The molecule has 1 aromatic carbocycles. The summed E-state index contributed by atoms with van der Waals surface area (Å²) in [4.78, 5) is 13.2. The maximum atomic E-state index is 11.7. The molecular formula is C15H22Cl2N2O2. The summed E-state index contributed by atoms with van der Waals surface area (Å²) in [7, 11) is 0. The molecule has 1 heterocycles. The van der Waals surface area contributed by atoms with E-state index in [1.807, 2.05) is 19.1 Å².